The van der Waals surface area contributed by atoms with Crippen LogP contribution in [0.2, 0.25) is 0 Å². The van der Waals surface area contributed by atoms with Gasteiger partial charge >= 0.3 is 12.1 Å². The van der Waals surface area contributed by atoms with E-state index < -0.39 is 18.0 Å². The van der Waals surface area contributed by atoms with Gasteiger partial charge < -0.3 is 19.7 Å². The molecule has 1 atom stereocenters. The Balaban J connectivity index is 1.52. The number of rotatable bonds is 3. The predicted molar refractivity (Wildman–Crippen MR) is 79.8 cm³/mol. The molecule has 1 unspecified atom stereocenters. The molecule has 2 aliphatic rings. The van der Waals surface area contributed by atoms with Crippen molar-refractivity contribution in [1.29, 1.82) is 0 Å². The smallest absolute Gasteiger partial charge is 0.414 e. The number of anilines is 1. The fraction of sp³-hybridized carbons (Fsp3) is 0.467. The molecular formula is C15H18FN3O4. The highest BCUT2D eigenvalue weighted by Gasteiger charge is 2.33. The van der Waals surface area contributed by atoms with E-state index in [-0.39, 0.29) is 19.1 Å². The van der Waals surface area contributed by atoms with Gasteiger partial charge in [-0.3, -0.25) is 4.90 Å². The number of cyclic esters (lactones) is 1. The summed E-state index contributed by atoms with van der Waals surface area (Å²) in [7, 11) is 0. The van der Waals surface area contributed by atoms with Gasteiger partial charge in [0, 0.05) is 13.1 Å². The number of halogens is 1. The molecule has 2 fully saturated rings. The topological polar surface area (TPSA) is 71.1 Å². The van der Waals surface area contributed by atoms with Gasteiger partial charge in [0.1, 0.15) is 11.9 Å². The molecule has 3 amide bonds. The summed E-state index contributed by atoms with van der Waals surface area (Å²) in [6.45, 7) is 2.63. The number of benzene rings is 1. The van der Waals surface area contributed by atoms with Crippen molar-refractivity contribution >= 4 is 17.8 Å². The van der Waals surface area contributed by atoms with Crippen LogP contribution in [0.3, 0.4) is 0 Å². The number of morpholine rings is 1. The van der Waals surface area contributed by atoms with Gasteiger partial charge in [-0.15, -0.1) is 0 Å². The van der Waals surface area contributed by atoms with Crippen LogP contribution in [0.5, 0.6) is 0 Å². The number of carbonyl (C=O) groups excluding carboxylic acids is 2. The summed E-state index contributed by atoms with van der Waals surface area (Å²) in [6, 6.07) is 5.55. The minimum absolute atomic E-state index is 0.200. The molecule has 124 valence electrons. The summed E-state index contributed by atoms with van der Waals surface area (Å²) in [5.41, 5.74) is 0.442. The van der Waals surface area contributed by atoms with Crippen LogP contribution in [0.15, 0.2) is 24.3 Å². The number of carbonyl (C=O) groups is 2. The first-order valence-corrected chi connectivity index (χ1v) is 7.48. The Bertz CT molecular complexity index is 592. The molecule has 1 N–H and O–H groups in total. The molecule has 0 saturated carbocycles. The van der Waals surface area contributed by atoms with E-state index in [0.29, 0.717) is 32.0 Å². The molecule has 1 aromatic rings. The van der Waals surface area contributed by atoms with Gasteiger partial charge in [-0.2, -0.15) is 0 Å². The minimum atomic E-state index is -0.541. The van der Waals surface area contributed by atoms with Gasteiger partial charge in [0.25, 0.3) is 0 Å². The third kappa shape index (κ3) is 3.70. The second kappa shape index (κ2) is 6.82. The average Bonchev–Trinajstić information content (AvgIpc) is 2.94. The summed E-state index contributed by atoms with van der Waals surface area (Å²) >= 11 is 0. The van der Waals surface area contributed by atoms with Crippen LogP contribution in [0.25, 0.3) is 0 Å². The van der Waals surface area contributed by atoms with Crippen molar-refractivity contribution in [2.24, 2.45) is 0 Å². The molecule has 7 nitrogen and oxygen atoms in total. The van der Waals surface area contributed by atoms with E-state index >= 15 is 0 Å². The number of hydrogen-bond acceptors (Lipinski definition) is 4. The Morgan fingerprint density at radius 3 is 2.87 bits per heavy atom. The minimum Gasteiger partial charge on any atom is -0.442 e. The summed E-state index contributed by atoms with van der Waals surface area (Å²) in [5, 5.41) is 2.75. The Labute approximate surface area is 132 Å². The van der Waals surface area contributed by atoms with E-state index in [0.717, 1.165) is 0 Å². The van der Waals surface area contributed by atoms with Gasteiger partial charge in [-0.25, -0.2) is 14.0 Å². The molecule has 0 aliphatic carbocycles. The number of amides is 3. The van der Waals surface area contributed by atoms with Crippen molar-refractivity contribution in [3.05, 3.63) is 30.1 Å². The zero-order valence-electron chi connectivity index (χ0n) is 12.5. The van der Waals surface area contributed by atoms with Gasteiger partial charge in [-0.05, 0) is 18.2 Å². The van der Waals surface area contributed by atoms with Crippen LogP contribution in [-0.4, -0.2) is 62.5 Å². The number of nitrogens with one attached hydrogen (secondary N) is 1. The molecule has 0 aromatic heterocycles. The highest BCUT2D eigenvalue weighted by molar-refractivity contribution is 5.89. The van der Waals surface area contributed by atoms with Gasteiger partial charge in [0.05, 0.1) is 32.0 Å². The number of hydrogen-bond donors (Lipinski definition) is 1. The van der Waals surface area contributed by atoms with E-state index in [1.54, 1.807) is 11.0 Å². The number of urea groups is 1. The van der Waals surface area contributed by atoms with E-state index in [4.69, 9.17) is 9.47 Å². The molecule has 2 aliphatic heterocycles. The highest BCUT2D eigenvalue weighted by atomic mass is 19.1. The lowest BCUT2D eigenvalue weighted by Crippen LogP contribution is -2.48. The lowest BCUT2D eigenvalue weighted by molar-refractivity contribution is 0.0523. The Morgan fingerprint density at radius 2 is 2.13 bits per heavy atom. The standard InChI is InChI=1S/C15H18FN3O4/c16-11-2-1-3-12(8-11)19-10-13(23-15(19)21)9-17-14(20)18-4-6-22-7-5-18/h1-3,8,13H,4-7,9-10H2,(H,17,20). The Hall–Kier alpha value is -2.35. The summed E-state index contributed by atoms with van der Waals surface area (Å²) in [5.74, 6) is -0.417. The monoisotopic (exact) mass is 323 g/mol. The second-order valence-electron chi connectivity index (χ2n) is 5.38. The molecule has 3 rings (SSSR count). The van der Waals surface area contributed by atoms with Crippen LogP contribution in [0.1, 0.15) is 0 Å². The largest absolute Gasteiger partial charge is 0.442 e. The molecule has 1 aromatic carbocycles. The zero-order valence-corrected chi connectivity index (χ0v) is 12.5. The molecule has 0 bridgehead atoms. The van der Waals surface area contributed by atoms with Gasteiger partial charge in [0.2, 0.25) is 0 Å². The quantitative estimate of drug-likeness (QED) is 0.907. The number of nitrogens with zero attached hydrogens (tertiary/aromatic N) is 2. The maximum atomic E-state index is 13.3. The Kier molecular flexibility index (Phi) is 4.61. The normalized spacial score (nSPS) is 21.3. The van der Waals surface area contributed by atoms with Crippen molar-refractivity contribution < 1.29 is 23.5 Å². The van der Waals surface area contributed by atoms with E-state index in [1.165, 1.54) is 23.1 Å². The summed E-state index contributed by atoms with van der Waals surface area (Å²) in [4.78, 5) is 26.9. The third-order valence-electron chi connectivity index (χ3n) is 3.77. The first kappa shape index (κ1) is 15.5. The maximum absolute atomic E-state index is 13.3. The second-order valence-corrected chi connectivity index (χ2v) is 5.38. The van der Waals surface area contributed by atoms with Crippen LogP contribution in [-0.2, 0) is 9.47 Å². The molecule has 2 heterocycles. The fourth-order valence-electron chi connectivity index (χ4n) is 2.56. The van der Waals surface area contributed by atoms with Crippen LogP contribution in [0.4, 0.5) is 19.7 Å². The van der Waals surface area contributed by atoms with E-state index in [2.05, 4.69) is 5.32 Å². The molecular weight excluding hydrogens is 305 g/mol. The Morgan fingerprint density at radius 1 is 1.35 bits per heavy atom. The highest BCUT2D eigenvalue weighted by Crippen LogP contribution is 2.22. The lowest BCUT2D eigenvalue weighted by Gasteiger charge is -2.27. The van der Waals surface area contributed by atoms with E-state index in [1.807, 2.05) is 0 Å². The SMILES string of the molecule is O=C(NCC1CN(c2cccc(F)c2)C(=O)O1)N1CCOCC1. The van der Waals surface area contributed by atoms with Crippen molar-refractivity contribution in [2.75, 3.05) is 44.3 Å². The third-order valence-corrected chi connectivity index (χ3v) is 3.77. The maximum Gasteiger partial charge on any atom is 0.414 e. The van der Waals surface area contributed by atoms with Crippen molar-refractivity contribution in [3.8, 4) is 0 Å². The van der Waals surface area contributed by atoms with Crippen LogP contribution in [0, 0.1) is 5.82 Å². The first-order valence-electron chi connectivity index (χ1n) is 7.48. The van der Waals surface area contributed by atoms with E-state index in [9.17, 15) is 14.0 Å². The molecule has 0 radical (unpaired) electrons. The fourth-order valence-corrected chi connectivity index (χ4v) is 2.56. The molecule has 2 saturated heterocycles. The average molecular weight is 323 g/mol. The van der Waals surface area contributed by atoms with Gasteiger partial charge in [-0.1, -0.05) is 6.07 Å². The van der Waals surface area contributed by atoms with Gasteiger partial charge in [0.15, 0.2) is 0 Å². The lowest BCUT2D eigenvalue weighted by atomic mass is 10.2. The summed E-state index contributed by atoms with van der Waals surface area (Å²) in [6.07, 6.45) is -1.00. The first-order chi connectivity index (χ1) is 11.1. The predicted octanol–water partition coefficient (Wildman–Crippen LogP) is 1.19. The number of ether oxygens (including phenoxy) is 2. The van der Waals surface area contributed by atoms with Crippen LogP contribution < -0.4 is 10.2 Å². The summed E-state index contributed by atoms with van der Waals surface area (Å²) < 4.78 is 23.7. The van der Waals surface area contributed by atoms with Crippen molar-refractivity contribution in [2.45, 2.75) is 6.10 Å². The molecule has 8 heteroatoms. The van der Waals surface area contributed by atoms with Crippen molar-refractivity contribution in [1.82, 2.24) is 10.2 Å². The molecule has 23 heavy (non-hydrogen) atoms. The van der Waals surface area contributed by atoms with Crippen molar-refractivity contribution in [3.63, 3.8) is 0 Å². The molecule has 0 spiro atoms. The van der Waals surface area contributed by atoms with Crippen LogP contribution >= 0.6 is 0 Å². The zero-order chi connectivity index (χ0) is 16.2.